The van der Waals surface area contributed by atoms with Crippen LogP contribution in [-0.2, 0) is 24.3 Å². The van der Waals surface area contributed by atoms with Gasteiger partial charge in [0.15, 0.2) is 0 Å². The Morgan fingerprint density at radius 1 is 1.21 bits per heavy atom. The number of carbonyl (C=O) groups is 2. The highest BCUT2D eigenvalue weighted by Crippen LogP contribution is 2.48. The Kier molecular flexibility index (Phi) is 5.80. The number of thiophene rings is 1. The third-order valence-electron chi connectivity index (χ3n) is 6.21. The Morgan fingerprint density at radius 2 is 2.06 bits per heavy atom. The monoisotopic (exact) mass is 457 g/mol. The number of nitriles is 1. The van der Waals surface area contributed by atoms with E-state index in [-0.39, 0.29) is 23.8 Å². The number of rotatable bonds is 5. The van der Waals surface area contributed by atoms with E-state index < -0.39 is 0 Å². The van der Waals surface area contributed by atoms with Crippen LogP contribution in [0.15, 0.2) is 54.9 Å². The van der Waals surface area contributed by atoms with E-state index in [1.807, 2.05) is 30.3 Å². The molecule has 3 heterocycles. The summed E-state index contributed by atoms with van der Waals surface area (Å²) in [7, 11) is 0. The van der Waals surface area contributed by atoms with Crippen LogP contribution >= 0.6 is 11.3 Å². The van der Waals surface area contributed by atoms with Gasteiger partial charge in [0.25, 0.3) is 0 Å². The van der Waals surface area contributed by atoms with Crippen LogP contribution in [-0.4, -0.2) is 28.4 Å². The van der Waals surface area contributed by atoms with Gasteiger partial charge in [-0.25, -0.2) is 4.79 Å². The normalized spacial score (nSPS) is 18.7. The quantitative estimate of drug-likeness (QED) is 0.604. The summed E-state index contributed by atoms with van der Waals surface area (Å²) in [4.78, 5) is 32.3. The second kappa shape index (κ2) is 9.04. The highest BCUT2D eigenvalue weighted by molar-refractivity contribution is 7.16. The summed E-state index contributed by atoms with van der Waals surface area (Å²) in [5.74, 6) is 0.142. The molecule has 2 unspecified atom stereocenters. The van der Waals surface area contributed by atoms with Crippen molar-refractivity contribution in [2.75, 3.05) is 11.9 Å². The summed E-state index contributed by atoms with van der Waals surface area (Å²) >= 11 is 1.41. The lowest BCUT2D eigenvalue weighted by Gasteiger charge is -2.27. The molecule has 2 N–H and O–H groups in total. The van der Waals surface area contributed by atoms with Crippen molar-refractivity contribution in [1.29, 1.82) is 5.26 Å². The van der Waals surface area contributed by atoms with Crippen molar-refractivity contribution in [1.82, 2.24) is 15.2 Å². The highest BCUT2D eigenvalue weighted by atomic mass is 32.1. The van der Waals surface area contributed by atoms with Crippen LogP contribution in [0.25, 0.3) is 0 Å². The maximum atomic E-state index is 12.8. The molecular weight excluding hydrogens is 434 g/mol. The van der Waals surface area contributed by atoms with Gasteiger partial charge >= 0.3 is 6.03 Å². The van der Waals surface area contributed by atoms with E-state index in [4.69, 9.17) is 0 Å². The molecule has 1 saturated carbocycles. The third kappa shape index (κ3) is 4.45. The SMILES string of the molecule is N#Cc1c(NC(=O)C2CC2c2ccccc2)sc2c1CCN(C(=O)NCc1cccnc1)C2. The minimum Gasteiger partial charge on any atom is -0.334 e. The number of benzene rings is 1. The summed E-state index contributed by atoms with van der Waals surface area (Å²) in [6, 6.07) is 15.9. The minimum absolute atomic E-state index is 0.0370. The van der Waals surface area contributed by atoms with Crippen molar-refractivity contribution in [3.63, 3.8) is 0 Å². The van der Waals surface area contributed by atoms with Crippen LogP contribution in [0.4, 0.5) is 9.80 Å². The van der Waals surface area contributed by atoms with Gasteiger partial charge in [0.05, 0.1) is 12.1 Å². The molecule has 1 aliphatic carbocycles. The number of hydrogen-bond donors (Lipinski definition) is 2. The maximum Gasteiger partial charge on any atom is 0.318 e. The van der Waals surface area contributed by atoms with Gasteiger partial charge < -0.3 is 15.5 Å². The lowest BCUT2D eigenvalue weighted by atomic mass is 10.0. The van der Waals surface area contributed by atoms with Crippen molar-refractivity contribution in [2.24, 2.45) is 5.92 Å². The number of fused-ring (bicyclic) bond motifs is 1. The molecule has 33 heavy (non-hydrogen) atoms. The van der Waals surface area contributed by atoms with Crippen LogP contribution in [0, 0.1) is 17.2 Å². The fourth-order valence-electron chi connectivity index (χ4n) is 4.33. The molecular formula is C25H23N5O2S. The Morgan fingerprint density at radius 3 is 2.82 bits per heavy atom. The van der Waals surface area contributed by atoms with Crippen molar-refractivity contribution in [3.05, 3.63) is 82.0 Å². The van der Waals surface area contributed by atoms with Gasteiger partial charge in [-0.1, -0.05) is 36.4 Å². The van der Waals surface area contributed by atoms with Gasteiger partial charge in [0, 0.05) is 36.3 Å². The zero-order chi connectivity index (χ0) is 22.8. The molecule has 166 valence electrons. The average Bonchev–Trinajstić information content (AvgIpc) is 3.59. The molecule has 3 amide bonds. The molecule has 1 aromatic carbocycles. The maximum absolute atomic E-state index is 12.8. The van der Waals surface area contributed by atoms with Gasteiger partial charge in [-0.3, -0.25) is 9.78 Å². The summed E-state index contributed by atoms with van der Waals surface area (Å²) in [5.41, 5.74) is 3.60. The molecule has 2 atom stereocenters. The third-order valence-corrected chi connectivity index (χ3v) is 7.35. The Labute approximate surface area is 196 Å². The smallest absolute Gasteiger partial charge is 0.318 e. The topological polar surface area (TPSA) is 98.1 Å². The van der Waals surface area contributed by atoms with E-state index in [0.29, 0.717) is 36.6 Å². The Balaban J connectivity index is 1.23. The van der Waals surface area contributed by atoms with Crippen LogP contribution in [0.3, 0.4) is 0 Å². The van der Waals surface area contributed by atoms with E-state index >= 15 is 0 Å². The number of hydrogen-bond acceptors (Lipinski definition) is 5. The van der Waals surface area contributed by atoms with E-state index in [2.05, 4.69) is 33.8 Å². The molecule has 0 radical (unpaired) electrons. The molecule has 1 fully saturated rings. The number of carbonyl (C=O) groups excluding carboxylic acids is 2. The number of nitrogens with zero attached hydrogens (tertiary/aromatic N) is 3. The van der Waals surface area contributed by atoms with Crippen LogP contribution in [0.2, 0.25) is 0 Å². The van der Waals surface area contributed by atoms with Gasteiger partial charge in [0.1, 0.15) is 11.1 Å². The fraction of sp³-hybridized carbons (Fsp3) is 0.280. The zero-order valence-corrected chi connectivity index (χ0v) is 18.8. The first-order chi connectivity index (χ1) is 16.1. The predicted octanol–water partition coefficient (Wildman–Crippen LogP) is 4.02. The molecule has 2 aromatic heterocycles. The number of aromatic nitrogens is 1. The van der Waals surface area contributed by atoms with E-state index in [0.717, 1.165) is 22.4 Å². The van der Waals surface area contributed by atoms with Gasteiger partial charge in [-0.05, 0) is 41.5 Å². The molecule has 0 spiro atoms. The Bertz CT molecular complexity index is 1220. The largest absolute Gasteiger partial charge is 0.334 e. The standard InChI is InChI=1S/C25H23N5O2S/c26-12-21-18-8-10-30(25(32)28-14-16-5-4-9-27-13-16)15-22(18)33-24(21)29-23(31)20-11-19(20)17-6-2-1-3-7-17/h1-7,9,13,19-20H,8,10-11,14-15H2,(H,28,32)(H,29,31). The van der Waals surface area contributed by atoms with E-state index in [1.54, 1.807) is 17.3 Å². The number of amides is 3. The summed E-state index contributed by atoms with van der Waals surface area (Å²) in [5, 5.41) is 16.3. The van der Waals surface area contributed by atoms with Crippen molar-refractivity contribution in [2.45, 2.75) is 31.8 Å². The first-order valence-corrected chi connectivity index (χ1v) is 11.8. The van der Waals surface area contributed by atoms with E-state index in [1.165, 1.54) is 16.9 Å². The molecule has 5 rings (SSSR count). The molecule has 1 aliphatic heterocycles. The second-order valence-electron chi connectivity index (χ2n) is 8.36. The second-order valence-corrected chi connectivity index (χ2v) is 9.47. The van der Waals surface area contributed by atoms with Crippen molar-refractivity contribution < 1.29 is 9.59 Å². The van der Waals surface area contributed by atoms with Crippen molar-refractivity contribution >= 4 is 28.3 Å². The number of urea groups is 1. The first-order valence-electron chi connectivity index (χ1n) is 11.0. The van der Waals surface area contributed by atoms with Gasteiger partial charge in [-0.15, -0.1) is 11.3 Å². The van der Waals surface area contributed by atoms with Gasteiger partial charge in [-0.2, -0.15) is 5.26 Å². The summed E-state index contributed by atoms with van der Waals surface area (Å²) in [6.07, 6.45) is 4.85. The zero-order valence-electron chi connectivity index (χ0n) is 18.0. The number of nitrogens with one attached hydrogen (secondary N) is 2. The molecule has 8 heteroatoms. The molecule has 3 aromatic rings. The minimum atomic E-state index is -0.148. The number of anilines is 1. The average molecular weight is 458 g/mol. The lowest BCUT2D eigenvalue weighted by Crippen LogP contribution is -2.42. The van der Waals surface area contributed by atoms with Crippen LogP contribution in [0.5, 0.6) is 0 Å². The van der Waals surface area contributed by atoms with Crippen molar-refractivity contribution in [3.8, 4) is 6.07 Å². The Hall–Kier alpha value is -3.70. The molecule has 2 aliphatic rings. The molecule has 0 saturated heterocycles. The first kappa shape index (κ1) is 21.2. The summed E-state index contributed by atoms with van der Waals surface area (Å²) < 4.78 is 0. The predicted molar refractivity (Wildman–Crippen MR) is 126 cm³/mol. The fourth-order valence-corrected chi connectivity index (χ4v) is 5.55. The molecule has 7 nitrogen and oxygen atoms in total. The highest BCUT2D eigenvalue weighted by Gasteiger charge is 2.44. The number of pyridine rings is 1. The lowest BCUT2D eigenvalue weighted by molar-refractivity contribution is -0.117. The summed E-state index contributed by atoms with van der Waals surface area (Å²) in [6.45, 7) is 1.37. The van der Waals surface area contributed by atoms with Gasteiger partial charge in [0.2, 0.25) is 5.91 Å². The molecule has 0 bridgehead atoms. The van der Waals surface area contributed by atoms with Crippen LogP contribution in [0.1, 0.15) is 39.5 Å². The van der Waals surface area contributed by atoms with Crippen LogP contribution < -0.4 is 10.6 Å². The van der Waals surface area contributed by atoms with E-state index in [9.17, 15) is 14.9 Å².